The van der Waals surface area contributed by atoms with E-state index in [0.717, 1.165) is 19.4 Å². The molecule has 3 rings (SSSR count). The molecular formula is C16H26ClNO. The number of halogens is 1. The summed E-state index contributed by atoms with van der Waals surface area (Å²) in [6, 6.07) is 0. The Hall–Kier alpha value is -0.340. The molecule has 1 saturated heterocycles. The van der Waals surface area contributed by atoms with Crippen molar-refractivity contribution in [3.05, 3.63) is 11.1 Å². The van der Waals surface area contributed by atoms with Crippen molar-refractivity contribution >= 4 is 18.2 Å². The number of piperidine rings is 1. The fourth-order valence-corrected chi connectivity index (χ4v) is 3.90. The lowest BCUT2D eigenvalue weighted by Crippen LogP contribution is -2.35. The van der Waals surface area contributed by atoms with Crippen molar-refractivity contribution in [3.63, 3.8) is 0 Å². The maximum Gasteiger partial charge on any atom is 0.163 e. The number of likely N-dealkylation sites (tertiary alicyclic amines) is 1. The van der Waals surface area contributed by atoms with E-state index in [1.807, 2.05) is 0 Å². The summed E-state index contributed by atoms with van der Waals surface area (Å²) in [5.41, 5.74) is 2.76. The fraction of sp³-hybridized carbons (Fsp3) is 0.812. The minimum atomic E-state index is 0. The van der Waals surface area contributed by atoms with Crippen molar-refractivity contribution in [1.82, 2.24) is 4.90 Å². The Morgan fingerprint density at radius 2 is 1.63 bits per heavy atom. The number of hydrogen-bond acceptors (Lipinski definition) is 2. The van der Waals surface area contributed by atoms with Gasteiger partial charge in [-0.05, 0) is 70.0 Å². The minimum Gasteiger partial charge on any atom is -0.303 e. The molecule has 1 atom stereocenters. The summed E-state index contributed by atoms with van der Waals surface area (Å²) < 4.78 is 0. The quantitative estimate of drug-likeness (QED) is 0.720. The summed E-state index contributed by atoms with van der Waals surface area (Å²) >= 11 is 0. The first-order chi connectivity index (χ1) is 8.84. The van der Waals surface area contributed by atoms with Crippen molar-refractivity contribution in [1.29, 1.82) is 0 Å². The monoisotopic (exact) mass is 283 g/mol. The van der Waals surface area contributed by atoms with E-state index >= 15 is 0 Å². The van der Waals surface area contributed by atoms with Crippen LogP contribution in [0.1, 0.15) is 57.8 Å². The molecule has 3 aliphatic rings. The van der Waals surface area contributed by atoms with E-state index in [1.54, 1.807) is 0 Å². The van der Waals surface area contributed by atoms with Crippen molar-refractivity contribution in [2.75, 3.05) is 19.6 Å². The molecule has 0 spiro atoms. The van der Waals surface area contributed by atoms with E-state index in [9.17, 15) is 4.79 Å². The SMILES string of the molecule is Cl.O=C1C(=C2CCCC2)CCC1CN1CCCCC1. The molecule has 0 amide bonds. The second-order valence-corrected chi connectivity index (χ2v) is 6.25. The Kier molecular flexibility index (Phi) is 5.47. The van der Waals surface area contributed by atoms with Crippen LogP contribution in [-0.2, 0) is 4.79 Å². The minimum absolute atomic E-state index is 0. The summed E-state index contributed by atoms with van der Waals surface area (Å²) in [6.07, 6.45) is 11.3. The number of carbonyl (C=O) groups excluding carboxylic acids is 1. The van der Waals surface area contributed by atoms with Gasteiger partial charge in [-0.25, -0.2) is 0 Å². The maximum atomic E-state index is 12.5. The highest BCUT2D eigenvalue weighted by molar-refractivity contribution is 6.00. The van der Waals surface area contributed by atoms with Crippen LogP contribution in [0.25, 0.3) is 0 Å². The van der Waals surface area contributed by atoms with Gasteiger partial charge < -0.3 is 4.90 Å². The van der Waals surface area contributed by atoms with Crippen molar-refractivity contribution in [2.24, 2.45) is 5.92 Å². The van der Waals surface area contributed by atoms with Crippen LogP contribution in [0.15, 0.2) is 11.1 Å². The van der Waals surface area contributed by atoms with Gasteiger partial charge in [0.1, 0.15) is 0 Å². The number of nitrogens with zero attached hydrogens (tertiary/aromatic N) is 1. The Balaban J connectivity index is 0.00000133. The summed E-state index contributed by atoms with van der Waals surface area (Å²) in [4.78, 5) is 15.0. The molecule has 0 bridgehead atoms. The van der Waals surface area contributed by atoms with E-state index in [-0.39, 0.29) is 12.4 Å². The smallest absolute Gasteiger partial charge is 0.163 e. The number of carbonyl (C=O) groups is 1. The molecule has 2 nitrogen and oxygen atoms in total. The molecule has 0 aromatic rings. The maximum absolute atomic E-state index is 12.5. The largest absolute Gasteiger partial charge is 0.303 e. The highest BCUT2D eigenvalue weighted by Gasteiger charge is 2.33. The fourth-order valence-electron chi connectivity index (χ4n) is 3.90. The number of ketones is 1. The average molecular weight is 284 g/mol. The van der Waals surface area contributed by atoms with Gasteiger partial charge in [-0.3, -0.25) is 4.79 Å². The van der Waals surface area contributed by atoms with Crippen molar-refractivity contribution in [3.8, 4) is 0 Å². The van der Waals surface area contributed by atoms with Gasteiger partial charge in [-0.2, -0.15) is 0 Å². The van der Waals surface area contributed by atoms with Crippen molar-refractivity contribution in [2.45, 2.75) is 57.8 Å². The third kappa shape index (κ3) is 3.41. The van der Waals surface area contributed by atoms with Crippen LogP contribution in [-0.4, -0.2) is 30.3 Å². The Bertz CT molecular complexity index is 350. The molecule has 108 valence electrons. The highest BCUT2D eigenvalue weighted by atomic mass is 35.5. The summed E-state index contributed by atoms with van der Waals surface area (Å²) in [6.45, 7) is 3.47. The highest BCUT2D eigenvalue weighted by Crippen LogP contribution is 2.36. The lowest BCUT2D eigenvalue weighted by molar-refractivity contribution is -0.118. The van der Waals surface area contributed by atoms with Gasteiger partial charge in [0.05, 0.1) is 0 Å². The second kappa shape index (κ2) is 6.90. The first-order valence-electron chi connectivity index (χ1n) is 7.82. The molecule has 0 aromatic heterocycles. The van der Waals surface area contributed by atoms with Gasteiger partial charge in [-0.15, -0.1) is 12.4 Å². The summed E-state index contributed by atoms with van der Waals surface area (Å²) in [5, 5.41) is 0. The van der Waals surface area contributed by atoms with Crippen LogP contribution in [0, 0.1) is 5.92 Å². The van der Waals surface area contributed by atoms with E-state index in [4.69, 9.17) is 0 Å². The Morgan fingerprint density at radius 1 is 0.947 bits per heavy atom. The zero-order chi connectivity index (χ0) is 12.4. The number of hydrogen-bond donors (Lipinski definition) is 0. The molecule has 19 heavy (non-hydrogen) atoms. The van der Waals surface area contributed by atoms with Crippen LogP contribution >= 0.6 is 12.4 Å². The molecule has 2 saturated carbocycles. The van der Waals surface area contributed by atoms with Crippen LogP contribution in [0.3, 0.4) is 0 Å². The molecule has 0 N–H and O–H groups in total. The van der Waals surface area contributed by atoms with E-state index in [1.165, 1.54) is 69.2 Å². The molecule has 0 radical (unpaired) electrons. The Labute approximate surface area is 123 Å². The molecule has 3 fully saturated rings. The zero-order valence-corrected chi connectivity index (χ0v) is 12.6. The third-order valence-corrected chi connectivity index (χ3v) is 4.97. The first-order valence-corrected chi connectivity index (χ1v) is 7.82. The van der Waals surface area contributed by atoms with E-state index < -0.39 is 0 Å². The average Bonchev–Trinajstić information content (AvgIpc) is 3.02. The van der Waals surface area contributed by atoms with Gasteiger partial charge in [0, 0.05) is 12.5 Å². The van der Waals surface area contributed by atoms with E-state index in [2.05, 4.69) is 4.90 Å². The predicted molar refractivity (Wildman–Crippen MR) is 80.8 cm³/mol. The number of rotatable bonds is 2. The second-order valence-electron chi connectivity index (χ2n) is 6.25. The van der Waals surface area contributed by atoms with Crippen LogP contribution in [0.5, 0.6) is 0 Å². The topological polar surface area (TPSA) is 20.3 Å². The van der Waals surface area contributed by atoms with Gasteiger partial charge in [-0.1, -0.05) is 12.0 Å². The lowest BCUT2D eigenvalue weighted by Gasteiger charge is -2.28. The molecule has 2 aliphatic carbocycles. The zero-order valence-electron chi connectivity index (χ0n) is 11.8. The van der Waals surface area contributed by atoms with Gasteiger partial charge in [0.15, 0.2) is 5.78 Å². The molecule has 1 aliphatic heterocycles. The predicted octanol–water partition coefficient (Wildman–Crippen LogP) is 3.74. The van der Waals surface area contributed by atoms with Gasteiger partial charge in [0.2, 0.25) is 0 Å². The lowest BCUT2D eigenvalue weighted by atomic mass is 10.0. The van der Waals surface area contributed by atoms with Crippen LogP contribution in [0.2, 0.25) is 0 Å². The molecule has 1 heterocycles. The summed E-state index contributed by atoms with van der Waals surface area (Å²) in [7, 11) is 0. The summed E-state index contributed by atoms with van der Waals surface area (Å²) in [5.74, 6) is 0.837. The number of Topliss-reactive ketones (excluding diaryl/α,β-unsaturated/α-hetero) is 1. The molecule has 0 aromatic carbocycles. The molecule has 1 unspecified atom stereocenters. The number of allylic oxidation sites excluding steroid dienone is 2. The normalized spacial score (nSPS) is 28.8. The van der Waals surface area contributed by atoms with E-state index in [0.29, 0.717) is 11.7 Å². The van der Waals surface area contributed by atoms with Crippen LogP contribution < -0.4 is 0 Å². The molecular weight excluding hydrogens is 258 g/mol. The molecule has 3 heteroatoms. The van der Waals surface area contributed by atoms with Crippen LogP contribution in [0.4, 0.5) is 0 Å². The first kappa shape index (κ1) is 15.1. The van der Waals surface area contributed by atoms with Crippen molar-refractivity contribution < 1.29 is 4.79 Å². The standard InChI is InChI=1S/C16H25NO.ClH/c18-16-14(12-17-10-4-1-5-11-17)8-9-15(16)13-6-2-3-7-13;/h14H,1-12H2;1H. The Morgan fingerprint density at radius 3 is 2.32 bits per heavy atom. The third-order valence-electron chi connectivity index (χ3n) is 4.97. The van der Waals surface area contributed by atoms with Gasteiger partial charge >= 0.3 is 0 Å². The van der Waals surface area contributed by atoms with Gasteiger partial charge in [0.25, 0.3) is 0 Å².